The number of rotatable bonds is 4. The highest BCUT2D eigenvalue weighted by molar-refractivity contribution is 5.78. The second kappa shape index (κ2) is 6.20. The van der Waals surface area contributed by atoms with Gasteiger partial charge < -0.3 is 10.6 Å². The Morgan fingerprint density at radius 1 is 1.16 bits per heavy atom. The van der Waals surface area contributed by atoms with Gasteiger partial charge >= 0.3 is 0 Å². The van der Waals surface area contributed by atoms with Crippen LogP contribution in [-0.4, -0.2) is 73.6 Å². The Morgan fingerprint density at radius 2 is 1.84 bits per heavy atom. The van der Waals surface area contributed by atoms with E-state index in [0.29, 0.717) is 18.6 Å². The van der Waals surface area contributed by atoms with Crippen molar-refractivity contribution in [2.45, 2.75) is 37.8 Å². The summed E-state index contributed by atoms with van der Waals surface area (Å²) in [5.74, 6) is 0.227. The van der Waals surface area contributed by atoms with Crippen LogP contribution in [0.5, 0.6) is 0 Å². The molecule has 19 heavy (non-hydrogen) atoms. The standard InChI is InChI=1S/C14H26N4O/c19-14(16-12-3-1-2-4-12)11-17-9-13(10-17)18-7-5-15-6-8-18/h12-13,15H,1-11H2,(H,16,19). The molecule has 0 aromatic rings. The van der Waals surface area contributed by atoms with Crippen molar-refractivity contribution in [3.8, 4) is 0 Å². The molecule has 2 heterocycles. The number of hydrogen-bond acceptors (Lipinski definition) is 4. The normalized spacial score (nSPS) is 27.4. The largest absolute Gasteiger partial charge is 0.352 e. The quantitative estimate of drug-likeness (QED) is 0.729. The average molecular weight is 266 g/mol. The van der Waals surface area contributed by atoms with Gasteiger partial charge in [0.15, 0.2) is 0 Å². The maximum absolute atomic E-state index is 11.9. The van der Waals surface area contributed by atoms with Gasteiger partial charge in [0.05, 0.1) is 6.54 Å². The van der Waals surface area contributed by atoms with Crippen LogP contribution in [0.25, 0.3) is 0 Å². The predicted octanol–water partition coefficient (Wildman–Crippen LogP) is -0.365. The molecule has 108 valence electrons. The Labute approximate surface area is 115 Å². The molecule has 2 N–H and O–H groups in total. The SMILES string of the molecule is O=C(CN1CC(N2CCNCC2)C1)NC1CCCC1. The summed E-state index contributed by atoms with van der Waals surface area (Å²) >= 11 is 0. The minimum absolute atomic E-state index is 0.227. The van der Waals surface area contributed by atoms with E-state index in [-0.39, 0.29) is 5.91 Å². The Hall–Kier alpha value is -0.650. The molecule has 0 unspecified atom stereocenters. The molecule has 1 aliphatic carbocycles. The molecule has 3 fully saturated rings. The summed E-state index contributed by atoms with van der Waals surface area (Å²) < 4.78 is 0. The van der Waals surface area contributed by atoms with Gasteiger partial charge in [-0.25, -0.2) is 0 Å². The molecule has 0 bridgehead atoms. The number of hydrogen-bond donors (Lipinski definition) is 2. The van der Waals surface area contributed by atoms with E-state index in [2.05, 4.69) is 20.4 Å². The lowest BCUT2D eigenvalue weighted by Crippen LogP contribution is -2.63. The number of nitrogens with zero attached hydrogens (tertiary/aromatic N) is 2. The van der Waals surface area contributed by atoms with Gasteiger partial charge in [0.1, 0.15) is 0 Å². The Bertz CT molecular complexity index is 305. The molecule has 3 rings (SSSR count). The number of nitrogens with one attached hydrogen (secondary N) is 2. The summed E-state index contributed by atoms with van der Waals surface area (Å²) in [5.41, 5.74) is 0. The number of carbonyl (C=O) groups excluding carboxylic acids is 1. The van der Waals surface area contributed by atoms with Gasteiger partial charge in [-0.1, -0.05) is 12.8 Å². The van der Waals surface area contributed by atoms with Crippen LogP contribution in [0.2, 0.25) is 0 Å². The number of piperazine rings is 1. The van der Waals surface area contributed by atoms with Gasteiger partial charge in [-0.3, -0.25) is 14.6 Å². The highest BCUT2D eigenvalue weighted by atomic mass is 16.2. The van der Waals surface area contributed by atoms with E-state index in [1.807, 2.05) is 0 Å². The van der Waals surface area contributed by atoms with Crippen LogP contribution in [0.15, 0.2) is 0 Å². The van der Waals surface area contributed by atoms with Crippen molar-refractivity contribution in [2.24, 2.45) is 0 Å². The van der Waals surface area contributed by atoms with Crippen molar-refractivity contribution in [1.82, 2.24) is 20.4 Å². The predicted molar refractivity (Wildman–Crippen MR) is 75.1 cm³/mol. The second-order valence-corrected chi connectivity index (χ2v) is 6.18. The summed E-state index contributed by atoms with van der Waals surface area (Å²) in [6.07, 6.45) is 4.91. The highest BCUT2D eigenvalue weighted by Gasteiger charge is 2.33. The van der Waals surface area contributed by atoms with Crippen molar-refractivity contribution >= 4 is 5.91 Å². The molecule has 0 aromatic carbocycles. The van der Waals surface area contributed by atoms with E-state index in [0.717, 1.165) is 39.3 Å². The summed E-state index contributed by atoms with van der Waals surface area (Å²) in [6, 6.07) is 1.14. The maximum atomic E-state index is 11.9. The van der Waals surface area contributed by atoms with Crippen molar-refractivity contribution in [3.63, 3.8) is 0 Å². The lowest BCUT2D eigenvalue weighted by molar-refractivity contribution is -0.124. The first-order valence-corrected chi connectivity index (χ1v) is 7.78. The molecule has 3 aliphatic rings. The zero-order valence-electron chi connectivity index (χ0n) is 11.7. The van der Waals surface area contributed by atoms with Gasteiger partial charge in [-0.15, -0.1) is 0 Å². The van der Waals surface area contributed by atoms with E-state index in [9.17, 15) is 4.79 Å². The van der Waals surface area contributed by atoms with E-state index in [4.69, 9.17) is 0 Å². The number of carbonyl (C=O) groups is 1. The number of likely N-dealkylation sites (tertiary alicyclic amines) is 1. The summed E-state index contributed by atoms with van der Waals surface area (Å²) in [7, 11) is 0. The lowest BCUT2D eigenvalue weighted by Gasteiger charge is -2.46. The molecule has 0 radical (unpaired) electrons. The van der Waals surface area contributed by atoms with E-state index in [1.165, 1.54) is 25.7 Å². The third kappa shape index (κ3) is 3.46. The first-order chi connectivity index (χ1) is 9.31. The van der Waals surface area contributed by atoms with Gasteiger partial charge in [0.2, 0.25) is 5.91 Å². The van der Waals surface area contributed by atoms with Gasteiger partial charge in [-0.05, 0) is 12.8 Å². The molecule has 0 atom stereocenters. The zero-order valence-corrected chi connectivity index (χ0v) is 11.7. The first kappa shape index (κ1) is 13.3. The van der Waals surface area contributed by atoms with Crippen LogP contribution in [0.1, 0.15) is 25.7 Å². The molecule has 1 amide bonds. The van der Waals surface area contributed by atoms with E-state index in [1.54, 1.807) is 0 Å². The molecule has 2 saturated heterocycles. The fourth-order valence-electron chi connectivity index (χ4n) is 3.50. The third-order valence-electron chi connectivity index (χ3n) is 4.69. The Kier molecular flexibility index (Phi) is 4.35. The van der Waals surface area contributed by atoms with E-state index >= 15 is 0 Å². The van der Waals surface area contributed by atoms with Crippen LogP contribution in [0.4, 0.5) is 0 Å². The van der Waals surface area contributed by atoms with Crippen LogP contribution < -0.4 is 10.6 Å². The van der Waals surface area contributed by atoms with Gasteiger partial charge in [-0.2, -0.15) is 0 Å². The molecule has 1 saturated carbocycles. The fraction of sp³-hybridized carbons (Fsp3) is 0.929. The molecule has 2 aliphatic heterocycles. The monoisotopic (exact) mass is 266 g/mol. The number of amides is 1. The topological polar surface area (TPSA) is 47.6 Å². The smallest absolute Gasteiger partial charge is 0.234 e. The van der Waals surface area contributed by atoms with Crippen molar-refractivity contribution in [1.29, 1.82) is 0 Å². The molecule has 0 spiro atoms. The lowest BCUT2D eigenvalue weighted by atomic mass is 10.1. The minimum atomic E-state index is 0.227. The van der Waals surface area contributed by atoms with Crippen molar-refractivity contribution in [2.75, 3.05) is 45.8 Å². The molecular weight excluding hydrogens is 240 g/mol. The maximum Gasteiger partial charge on any atom is 0.234 e. The van der Waals surface area contributed by atoms with Crippen molar-refractivity contribution < 1.29 is 4.79 Å². The minimum Gasteiger partial charge on any atom is -0.352 e. The van der Waals surface area contributed by atoms with Crippen LogP contribution >= 0.6 is 0 Å². The Morgan fingerprint density at radius 3 is 2.53 bits per heavy atom. The van der Waals surface area contributed by atoms with Gasteiger partial charge in [0, 0.05) is 51.4 Å². The van der Waals surface area contributed by atoms with Crippen LogP contribution in [0, 0.1) is 0 Å². The summed E-state index contributed by atoms with van der Waals surface area (Å²) in [6.45, 7) is 7.27. The third-order valence-corrected chi connectivity index (χ3v) is 4.69. The molecule has 5 heteroatoms. The summed E-state index contributed by atoms with van der Waals surface area (Å²) in [4.78, 5) is 16.7. The second-order valence-electron chi connectivity index (χ2n) is 6.18. The first-order valence-electron chi connectivity index (χ1n) is 7.78. The molecular formula is C14H26N4O. The fourth-order valence-corrected chi connectivity index (χ4v) is 3.50. The summed E-state index contributed by atoms with van der Waals surface area (Å²) in [5, 5.41) is 6.55. The van der Waals surface area contributed by atoms with Crippen molar-refractivity contribution in [3.05, 3.63) is 0 Å². The molecule has 0 aromatic heterocycles. The van der Waals surface area contributed by atoms with E-state index < -0.39 is 0 Å². The van der Waals surface area contributed by atoms with Gasteiger partial charge in [0.25, 0.3) is 0 Å². The van der Waals surface area contributed by atoms with Crippen LogP contribution in [0.3, 0.4) is 0 Å². The highest BCUT2D eigenvalue weighted by Crippen LogP contribution is 2.18. The molecule has 5 nitrogen and oxygen atoms in total. The Balaban J connectivity index is 1.33. The van der Waals surface area contributed by atoms with Crippen LogP contribution in [-0.2, 0) is 4.79 Å². The average Bonchev–Trinajstić information content (AvgIpc) is 2.87. The zero-order chi connectivity index (χ0) is 13.1.